The van der Waals surface area contributed by atoms with E-state index in [1.54, 1.807) is 12.1 Å². The van der Waals surface area contributed by atoms with Crippen molar-refractivity contribution in [2.45, 2.75) is 6.61 Å². The van der Waals surface area contributed by atoms with Gasteiger partial charge in [-0.25, -0.2) is 5.06 Å². The molecule has 3 rings (SSSR count). The fourth-order valence-corrected chi connectivity index (χ4v) is 1.80. The van der Waals surface area contributed by atoms with Crippen molar-refractivity contribution in [1.29, 1.82) is 0 Å². The zero-order valence-corrected chi connectivity index (χ0v) is 10.6. The van der Waals surface area contributed by atoms with Crippen LogP contribution in [0.4, 0.5) is 6.01 Å². The van der Waals surface area contributed by atoms with Crippen LogP contribution >= 0.6 is 0 Å². The first-order valence-corrected chi connectivity index (χ1v) is 6.09. The molecule has 0 amide bonds. The number of oxazole rings is 1. The van der Waals surface area contributed by atoms with E-state index in [0.717, 1.165) is 16.7 Å². The molecule has 0 saturated carbocycles. The van der Waals surface area contributed by atoms with Crippen LogP contribution in [0.5, 0.6) is 0 Å². The van der Waals surface area contributed by atoms with Gasteiger partial charge in [0.2, 0.25) is 0 Å². The average molecular weight is 254 g/mol. The van der Waals surface area contributed by atoms with Crippen LogP contribution in [0.15, 0.2) is 59.0 Å². The number of rotatable bonds is 4. The molecule has 0 aliphatic carbocycles. The highest BCUT2D eigenvalue weighted by molar-refractivity contribution is 5.74. The standard InChI is InChI=1S/C15H14N2O2/c1-17(18-11-12-7-3-2-4-8-12)15-16-13-9-5-6-10-14(13)19-15/h2-10H,11H2,1H3. The third-order valence-electron chi connectivity index (χ3n) is 2.82. The van der Waals surface area contributed by atoms with Gasteiger partial charge in [0.1, 0.15) is 12.1 Å². The Hall–Kier alpha value is -2.33. The van der Waals surface area contributed by atoms with Crippen molar-refractivity contribution in [2.75, 3.05) is 12.1 Å². The van der Waals surface area contributed by atoms with E-state index in [4.69, 9.17) is 9.25 Å². The minimum atomic E-state index is 0.456. The van der Waals surface area contributed by atoms with Gasteiger partial charge in [-0.1, -0.05) is 42.5 Å². The topological polar surface area (TPSA) is 38.5 Å². The van der Waals surface area contributed by atoms with Crippen molar-refractivity contribution >= 4 is 17.1 Å². The molecule has 0 spiro atoms. The maximum absolute atomic E-state index is 5.62. The molecule has 0 atom stereocenters. The Labute approximate surface area is 111 Å². The lowest BCUT2D eigenvalue weighted by Gasteiger charge is -2.13. The number of para-hydroxylation sites is 2. The molecule has 0 aliphatic heterocycles. The zero-order valence-electron chi connectivity index (χ0n) is 10.6. The maximum atomic E-state index is 5.62. The highest BCUT2D eigenvalue weighted by Crippen LogP contribution is 2.21. The molecule has 1 aromatic heterocycles. The first-order chi connectivity index (χ1) is 9.33. The van der Waals surface area contributed by atoms with E-state index in [1.165, 1.54) is 0 Å². The Morgan fingerprint density at radius 1 is 1.05 bits per heavy atom. The second kappa shape index (κ2) is 5.12. The lowest BCUT2D eigenvalue weighted by atomic mass is 10.2. The maximum Gasteiger partial charge on any atom is 0.322 e. The molecule has 0 aliphatic rings. The lowest BCUT2D eigenvalue weighted by molar-refractivity contribution is 0.0972. The van der Waals surface area contributed by atoms with Crippen LogP contribution in [0, 0.1) is 0 Å². The van der Waals surface area contributed by atoms with Gasteiger partial charge in [-0.2, -0.15) is 4.98 Å². The number of aromatic nitrogens is 1. The average Bonchev–Trinajstić information content (AvgIpc) is 2.90. The second-order valence-corrected chi connectivity index (χ2v) is 4.22. The third-order valence-corrected chi connectivity index (χ3v) is 2.82. The Morgan fingerprint density at radius 3 is 2.58 bits per heavy atom. The lowest BCUT2D eigenvalue weighted by Crippen LogP contribution is -2.17. The van der Waals surface area contributed by atoms with Crippen LogP contribution in [0.2, 0.25) is 0 Å². The molecule has 3 aromatic rings. The molecule has 0 saturated heterocycles. The first kappa shape index (κ1) is 11.7. The van der Waals surface area contributed by atoms with Gasteiger partial charge < -0.3 is 4.42 Å². The molecular weight excluding hydrogens is 240 g/mol. The number of fused-ring (bicyclic) bond motifs is 1. The summed E-state index contributed by atoms with van der Waals surface area (Å²) in [6, 6.07) is 18.1. The third kappa shape index (κ3) is 2.58. The van der Waals surface area contributed by atoms with Gasteiger partial charge in [-0.3, -0.25) is 4.84 Å². The van der Waals surface area contributed by atoms with Gasteiger partial charge in [-0.15, -0.1) is 0 Å². The summed E-state index contributed by atoms with van der Waals surface area (Å²) in [5.74, 6) is 0. The van der Waals surface area contributed by atoms with E-state index in [2.05, 4.69) is 4.98 Å². The predicted octanol–water partition coefficient (Wildman–Crippen LogP) is 3.40. The molecule has 4 nitrogen and oxygen atoms in total. The smallest absolute Gasteiger partial charge is 0.322 e. The number of hydrogen-bond donors (Lipinski definition) is 0. The van der Waals surface area contributed by atoms with E-state index in [9.17, 15) is 0 Å². The monoisotopic (exact) mass is 254 g/mol. The normalized spacial score (nSPS) is 10.8. The Morgan fingerprint density at radius 2 is 1.79 bits per heavy atom. The summed E-state index contributed by atoms with van der Waals surface area (Å²) in [5.41, 5.74) is 2.69. The van der Waals surface area contributed by atoms with Crippen LogP contribution in [0.25, 0.3) is 11.1 Å². The summed E-state index contributed by atoms with van der Waals surface area (Å²) >= 11 is 0. The zero-order chi connectivity index (χ0) is 13.1. The number of hydroxylamine groups is 1. The molecule has 1 heterocycles. The summed E-state index contributed by atoms with van der Waals surface area (Å²) in [6.45, 7) is 0.482. The molecule has 0 fully saturated rings. The highest BCUT2D eigenvalue weighted by Gasteiger charge is 2.10. The van der Waals surface area contributed by atoms with Crippen molar-refractivity contribution < 1.29 is 9.25 Å². The van der Waals surface area contributed by atoms with Crippen molar-refractivity contribution in [3.63, 3.8) is 0 Å². The summed E-state index contributed by atoms with van der Waals surface area (Å²) in [6.07, 6.45) is 0. The Balaban J connectivity index is 1.71. The fourth-order valence-electron chi connectivity index (χ4n) is 1.80. The SMILES string of the molecule is CN(OCc1ccccc1)c1nc2ccccc2o1. The fraction of sp³-hybridized carbons (Fsp3) is 0.133. The van der Waals surface area contributed by atoms with Gasteiger partial charge >= 0.3 is 6.01 Å². The minimum absolute atomic E-state index is 0.456. The van der Waals surface area contributed by atoms with Crippen LogP contribution in [0.1, 0.15) is 5.56 Å². The van der Waals surface area contributed by atoms with E-state index in [0.29, 0.717) is 12.6 Å². The molecule has 96 valence electrons. The van der Waals surface area contributed by atoms with Crippen molar-refractivity contribution in [3.05, 3.63) is 60.2 Å². The number of nitrogens with zero attached hydrogens (tertiary/aromatic N) is 2. The minimum Gasteiger partial charge on any atom is -0.422 e. The second-order valence-electron chi connectivity index (χ2n) is 4.22. The van der Waals surface area contributed by atoms with Crippen LogP contribution in [-0.2, 0) is 11.4 Å². The van der Waals surface area contributed by atoms with Crippen molar-refractivity contribution in [1.82, 2.24) is 4.98 Å². The molecule has 0 N–H and O–H groups in total. The quantitative estimate of drug-likeness (QED) is 0.669. The highest BCUT2D eigenvalue weighted by atomic mass is 16.7. The number of benzene rings is 2. The van der Waals surface area contributed by atoms with Gasteiger partial charge in [0.05, 0.1) is 0 Å². The van der Waals surface area contributed by atoms with Gasteiger partial charge in [-0.05, 0) is 17.7 Å². The largest absolute Gasteiger partial charge is 0.422 e. The molecular formula is C15H14N2O2. The summed E-state index contributed by atoms with van der Waals surface area (Å²) in [4.78, 5) is 9.98. The van der Waals surface area contributed by atoms with Crippen molar-refractivity contribution in [3.8, 4) is 0 Å². The molecule has 2 aromatic carbocycles. The summed E-state index contributed by atoms with van der Waals surface area (Å²) < 4.78 is 5.61. The van der Waals surface area contributed by atoms with Gasteiger partial charge in [0, 0.05) is 7.05 Å². The predicted molar refractivity (Wildman–Crippen MR) is 73.6 cm³/mol. The van der Waals surface area contributed by atoms with Gasteiger partial charge in [0.15, 0.2) is 5.58 Å². The molecule has 0 bridgehead atoms. The Kier molecular flexibility index (Phi) is 3.16. The molecule has 0 radical (unpaired) electrons. The van der Waals surface area contributed by atoms with E-state index >= 15 is 0 Å². The van der Waals surface area contributed by atoms with E-state index < -0.39 is 0 Å². The van der Waals surface area contributed by atoms with E-state index in [1.807, 2.05) is 54.6 Å². The molecule has 0 unspecified atom stereocenters. The Bertz CT molecular complexity index is 631. The molecule has 4 heteroatoms. The first-order valence-electron chi connectivity index (χ1n) is 6.09. The van der Waals surface area contributed by atoms with Crippen LogP contribution in [0.3, 0.4) is 0 Å². The van der Waals surface area contributed by atoms with Crippen molar-refractivity contribution in [2.24, 2.45) is 0 Å². The van der Waals surface area contributed by atoms with Crippen LogP contribution in [-0.4, -0.2) is 12.0 Å². The van der Waals surface area contributed by atoms with Gasteiger partial charge in [0.25, 0.3) is 0 Å². The van der Waals surface area contributed by atoms with Crippen LogP contribution < -0.4 is 5.06 Å². The number of hydrogen-bond acceptors (Lipinski definition) is 4. The van der Waals surface area contributed by atoms with E-state index in [-0.39, 0.29) is 0 Å². The summed E-state index contributed by atoms with van der Waals surface area (Å²) in [5, 5.41) is 1.55. The number of anilines is 1. The summed E-state index contributed by atoms with van der Waals surface area (Å²) in [7, 11) is 1.79. The molecule has 19 heavy (non-hydrogen) atoms.